The molecule has 2 aromatic heterocycles. The van der Waals surface area contributed by atoms with Gasteiger partial charge in [0.25, 0.3) is 11.8 Å². The minimum Gasteiger partial charge on any atom is -0.345 e. The zero-order chi connectivity index (χ0) is 23.8. The second-order valence-electron chi connectivity index (χ2n) is 9.20. The molecular formula is C25H29FN6O2. The number of aromatic nitrogens is 3. The van der Waals surface area contributed by atoms with E-state index in [4.69, 9.17) is 0 Å². The van der Waals surface area contributed by atoms with Crippen LogP contribution in [0.4, 0.5) is 10.2 Å². The van der Waals surface area contributed by atoms with Crippen LogP contribution < -0.4 is 5.32 Å². The topological polar surface area (TPSA) is 86.3 Å². The van der Waals surface area contributed by atoms with Crippen LogP contribution >= 0.6 is 0 Å². The summed E-state index contributed by atoms with van der Waals surface area (Å²) in [7, 11) is 2.08. The van der Waals surface area contributed by atoms with Gasteiger partial charge in [-0.05, 0) is 63.5 Å². The highest BCUT2D eigenvalue weighted by atomic mass is 19.1. The van der Waals surface area contributed by atoms with Crippen molar-refractivity contribution >= 4 is 17.6 Å². The molecule has 2 amide bonds. The van der Waals surface area contributed by atoms with E-state index in [1.807, 2.05) is 17.2 Å². The Morgan fingerprint density at radius 1 is 1.06 bits per heavy atom. The molecule has 5 rings (SSSR count). The summed E-state index contributed by atoms with van der Waals surface area (Å²) in [5, 5.41) is 10.2. The number of fused-ring (bicyclic) bond motifs is 3. The average Bonchev–Trinajstić information content (AvgIpc) is 3.28. The summed E-state index contributed by atoms with van der Waals surface area (Å²) in [6, 6.07) is 6.34. The van der Waals surface area contributed by atoms with Crippen LogP contribution in [-0.2, 0) is 13.0 Å². The van der Waals surface area contributed by atoms with Crippen LogP contribution in [0.15, 0.2) is 30.5 Å². The second-order valence-corrected chi connectivity index (χ2v) is 9.20. The van der Waals surface area contributed by atoms with Crippen LogP contribution in [-0.4, -0.2) is 69.6 Å². The second kappa shape index (κ2) is 9.06. The van der Waals surface area contributed by atoms with E-state index in [0.29, 0.717) is 16.9 Å². The number of nitrogens with one attached hydrogen (secondary N) is 2. The fourth-order valence-electron chi connectivity index (χ4n) is 4.72. The molecule has 0 atom stereocenters. The quantitative estimate of drug-likeness (QED) is 0.623. The number of aromatic amines is 1. The number of halogens is 1. The van der Waals surface area contributed by atoms with Crippen molar-refractivity contribution < 1.29 is 14.0 Å². The van der Waals surface area contributed by atoms with Crippen LogP contribution in [0.1, 0.15) is 44.7 Å². The molecule has 4 heterocycles. The lowest BCUT2D eigenvalue weighted by atomic mass is 10.1. The van der Waals surface area contributed by atoms with Gasteiger partial charge in [0.1, 0.15) is 5.82 Å². The molecule has 0 bridgehead atoms. The van der Waals surface area contributed by atoms with Gasteiger partial charge in [-0.1, -0.05) is 6.07 Å². The number of hydrogen-bond acceptors (Lipinski definition) is 4. The Kier molecular flexibility index (Phi) is 5.95. The molecule has 1 fully saturated rings. The number of H-pyrrole nitrogens is 1. The van der Waals surface area contributed by atoms with E-state index in [1.165, 1.54) is 6.07 Å². The molecule has 2 aliphatic rings. The lowest BCUT2D eigenvalue weighted by Crippen LogP contribution is -2.34. The molecule has 0 saturated carbocycles. The molecule has 3 aromatic rings. The lowest BCUT2D eigenvalue weighted by molar-refractivity contribution is 0.0762. The molecule has 9 heteroatoms. The highest BCUT2D eigenvalue weighted by Crippen LogP contribution is 2.33. The first-order valence-electron chi connectivity index (χ1n) is 11.7. The largest absolute Gasteiger partial charge is 0.345 e. The standard InChI is InChI=1S/C25H29FN6O2/c1-16-6-7-17(13-20(16)26)24(33)27-23-19-5-3-9-32-15-18(14-21(32)22(19)28-29-23)25(34)31-10-4-8-30(2)11-12-31/h6-7,13-15H,3-5,8-12H2,1-2H3,(H2,27,28,29,33). The summed E-state index contributed by atoms with van der Waals surface area (Å²) in [6.07, 6.45) is 4.47. The smallest absolute Gasteiger partial charge is 0.256 e. The number of benzene rings is 1. The Hall–Kier alpha value is -3.46. The number of carbonyl (C=O) groups excluding carboxylic acids is 2. The Morgan fingerprint density at radius 2 is 1.91 bits per heavy atom. The zero-order valence-corrected chi connectivity index (χ0v) is 19.5. The van der Waals surface area contributed by atoms with Crippen molar-refractivity contribution in [2.45, 2.75) is 32.7 Å². The van der Waals surface area contributed by atoms with Gasteiger partial charge in [0, 0.05) is 43.5 Å². The van der Waals surface area contributed by atoms with Gasteiger partial charge in [0.2, 0.25) is 0 Å². The summed E-state index contributed by atoms with van der Waals surface area (Å²) in [5.74, 6) is -0.333. The van der Waals surface area contributed by atoms with Crippen molar-refractivity contribution in [2.75, 3.05) is 38.5 Å². The number of anilines is 1. The number of amides is 2. The Bertz CT molecular complexity index is 1250. The van der Waals surface area contributed by atoms with Crippen LogP contribution in [0.2, 0.25) is 0 Å². The number of rotatable bonds is 3. The summed E-state index contributed by atoms with van der Waals surface area (Å²) in [4.78, 5) is 30.1. The maximum atomic E-state index is 13.9. The van der Waals surface area contributed by atoms with Gasteiger partial charge < -0.3 is 19.7 Å². The Labute approximate surface area is 197 Å². The van der Waals surface area contributed by atoms with Crippen molar-refractivity contribution in [2.24, 2.45) is 0 Å². The fraction of sp³-hybridized carbons (Fsp3) is 0.400. The van der Waals surface area contributed by atoms with Crippen molar-refractivity contribution in [3.8, 4) is 11.4 Å². The van der Waals surface area contributed by atoms with Crippen LogP contribution in [0.5, 0.6) is 0 Å². The van der Waals surface area contributed by atoms with E-state index in [2.05, 4.69) is 32.0 Å². The van der Waals surface area contributed by atoms with Gasteiger partial charge in [-0.3, -0.25) is 14.7 Å². The number of hydrogen-bond donors (Lipinski definition) is 2. The van der Waals surface area contributed by atoms with Crippen LogP contribution in [0.25, 0.3) is 11.4 Å². The number of aryl methyl sites for hydroxylation is 2. The van der Waals surface area contributed by atoms with Gasteiger partial charge in [0.05, 0.1) is 17.0 Å². The minimum absolute atomic E-state index is 0.0480. The molecule has 1 aromatic carbocycles. The number of likely N-dealkylation sites (N-methyl/N-ethyl adjacent to an activating group) is 1. The van der Waals surface area contributed by atoms with Crippen molar-refractivity contribution in [1.82, 2.24) is 24.6 Å². The third kappa shape index (κ3) is 4.23. The first kappa shape index (κ1) is 22.3. The molecule has 178 valence electrons. The predicted octanol–water partition coefficient (Wildman–Crippen LogP) is 3.30. The maximum Gasteiger partial charge on any atom is 0.256 e. The van der Waals surface area contributed by atoms with E-state index >= 15 is 0 Å². The third-order valence-electron chi connectivity index (χ3n) is 6.77. The van der Waals surface area contributed by atoms with Crippen molar-refractivity contribution in [1.29, 1.82) is 0 Å². The van der Waals surface area contributed by atoms with E-state index in [0.717, 1.165) is 68.9 Å². The molecular weight excluding hydrogens is 435 g/mol. The van der Waals surface area contributed by atoms with Gasteiger partial charge in [0.15, 0.2) is 5.82 Å². The molecule has 0 aliphatic carbocycles. The van der Waals surface area contributed by atoms with E-state index in [9.17, 15) is 14.0 Å². The highest BCUT2D eigenvalue weighted by Gasteiger charge is 2.26. The lowest BCUT2D eigenvalue weighted by Gasteiger charge is -2.19. The third-order valence-corrected chi connectivity index (χ3v) is 6.77. The molecule has 0 radical (unpaired) electrons. The zero-order valence-electron chi connectivity index (χ0n) is 19.5. The van der Waals surface area contributed by atoms with Gasteiger partial charge in [-0.2, -0.15) is 5.10 Å². The number of nitrogens with zero attached hydrogens (tertiary/aromatic N) is 4. The summed E-state index contributed by atoms with van der Waals surface area (Å²) in [5.41, 5.74) is 3.99. The molecule has 2 aliphatic heterocycles. The maximum absolute atomic E-state index is 13.9. The summed E-state index contributed by atoms with van der Waals surface area (Å²) < 4.78 is 16.0. The number of carbonyl (C=O) groups is 2. The molecule has 0 unspecified atom stereocenters. The minimum atomic E-state index is -0.417. The highest BCUT2D eigenvalue weighted by molar-refractivity contribution is 6.04. The molecule has 0 spiro atoms. The monoisotopic (exact) mass is 464 g/mol. The van der Waals surface area contributed by atoms with E-state index in [-0.39, 0.29) is 11.5 Å². The SMILES string of the molecule is Cc1ccc(C(=O)Nc2n[nH]c3c2CCCn2cc(C(=O)N4CCCN(C)CC4)cc2-3)cc1F. The molecule has 34 heavy (non-hydrogen) atoms. The summed E-state index contributed by atoms with van der Waals surface area (Å²) in [6.45, 7) is 5.78. The van der Waals surface area contributed by atoms with E-state index < -0.39 is 11.7 Å². The first-order chi connectivity index (χ1) is 16.4. The Balaban J connectivity index is 1.39. The first-order valence-corrected chi connectivity index (χ1v) is 11.7. The van der Waals surface area contributed by atoms with Gasteiger partial charge in [-0.25, -0.2) is 4.39 Å². The normalized spacial score (nSPS) is 16.4. The molecule has 8 nitrogen and oxygen atoms in total. The van der Waals surface area contributed by atoms with E-state index in [1.54, 1.807) is 19.1 Å². The van der Waals surface area contributed by atoms with Crippen molar-refractivity contribution in [3.05, 3.63) is 58.5 Å². The summed E-state index contributed by atoms with van der Waals surface area (Å²) >= 11 is 0. The van der Waals surface area contributed by atoms with Gasteiger partial charge in [-0.15, -0.1) is 0 Å². The molecule has 2 N–H and O–H groups in total. The van der Waals surface area contributed by atoms with Crippen LogP contribution in [0, 0.1) is 12.7 Å². The van der Waals surface area contributed by atoms with Crippen molar-refractivity contribution in [3.63, 3.8) is 0 Å². The van der Waals surface area contributed by atoms with Crippen LogP contribution in [0.3, 0.4) is 0 Å². The Morgan fingerprint density at radius 3 is 2.74 bits per heavy atom. The predicted molar refractivity (Wildman–Crippen MR) is 127 cm³/mol. The fourth-order valence-corrected chi connectivity index (χ4v) is 4.72. The average molecular weight is 465 g/mol. The van der Waals surface area contributed by atoms with Gasteiger partial charge >= 0.3 is 0 Å². The molecule has 1 saturated heterocycles.